The molecule has 0 aromatic heterocycles. The summed E-state index contributed by atoms with van der Waals surface area (Å²) < 4.78 is 26.4. The van der Waals surface area contributed by atoms with Crippen LogP contribution in [0.2, 0.25) is 0 Å². The van der Waals surface area contributed by atoms with Crippen LogP contribution in [0.1, 0.15) is 51.9 Å². The fourth-order valence-electron chi connectivity index (χ4n) is 4.86. The molecule has 2 aliphatic heterocycles. The summed E-state index contributed by atoms with van der Waals surface area (Å²) in [5, 5.41) is 3.14. The molecular weight excluding hydrogens is 326 g/mol. The first-order chi connectivity index (χ1) is 11.5. The first kappa shape index (κ1) is 18.1. The van der Waals surface area contributed by atoms with Crippen molar-refractivity contribution >= 4 is 15.9 Å². The molecule has 138 valence electrons. The van der Waals surface area contributed by atoms with Crippen LogP contribution in [0, 0.1) is 5.41 Å². The van der Waals surface area contributed by atoms with Crippen molar-refractivity contribution in [1.29, 1.82) is 0 Å². The molecule has 3 aliphatic rings. The topological polar surface area (TPSA) is 69.7 Å². The predicted octanol–water partition coefficient (Wildman–Crippen LogP) is 1.18. The van der Waals surface area contributed by atoms with E-state index in [-0.39, 0.29) is 17.7 Å². The van der Waals surface area contributed by atoms with E-state index in [9.17, 15) is 13.2 Å². The van der Waals surface area contributed by atoms with Gasteiger partial charge in [0.05, 0.1) is 11.2 Å². The Morgan fingerprint density at radius 1 is 1.17 bits per heavy atom. The van der Waals surface area contributed by atoms with E-state index in [1.807, 2.05) is 6.92 Å². The van der Waals surface area contributed by atoms with E-state index in [0.717, 1.165) is 45.3 Å². The summed E-state index contributed by atoms with van der Waals surface area (Å²) in [6, 6.07) is -0.151. The molecular formula is C17H31N3O3S. The van der Waals surface area contributed by atoms with E-state index >= 15 is 0 Å². The maximum absolute atomic E-state index is 13.0. The van der Waals surface area contributed by atoms with Gasteiger partial charge >= 0.3 is 0 Å². The second-order valence-corrected chi connectivity index (χ2v) is 9.53. The van der Waals surface area contributed by atoms with Gasteiger partial charge in [0.2, 0.25) is 15.9 Å². The molecule has 0 aromatic rings. The lowest BCUT2D eigenvalue weighted by molar-refractivity contribution is -0.137. The maximum Gasteiger partial charge on any atom is 0.227 e. The third kappa shape index (κ3) is 3.35. The Morgan fingerprint density at radius 3 is 2.62 bits per heavy atom. The minimum Gasteiger partial charge on any atom is -0.354 e. The first-order valence-corrected chi connectivity index (χ1v) is 11.1. The standard InChI is InChI=1S/C17H31N3O3S/c1-2-20-15-7-3-4-8-17(15,9-14-24(20,22)23)16(21)18-10-13-19-11-5-6-12-19/h15H,2-14H2,1H3,(H,18,21)/t15-,17-/m1/s1. The quantitative estimate of drug-likeness (QED) is 0.802. The zero-order chi connectivity index (χ0) is 17.2. The maximum atomic E-state index is 13.0. The molecule has 1 amide bonds. The van der Waals surface area contributed by atoms with Gasteiger partial charge in [-0.15, -0.1) is 0 Å². The largest absolute Gasteiger partial charge is 0.354 e. The Morgan fingerprint density at radius 2 is 1.92 bits per heavy atom. The molecule has 2 atom stereocenters. The molecule has 0 bridgehead atoms. The van der Waals surface area contributed by atoms with Crippen molar-refractivity contribution < 1.29 is 13.2 Å². The number of hydrogen-bond acceptors (Lipinski definition) is 4. The number of hydrogen-bond donors (Lipinski definition) is 1. The molecule has 0 unspecified atom stereocenters. The molecule has 1 aliphatic carbocycles. The Bertz CT molecular complexity index is 559. The van der Waals surface area contributed by atoms with Crippen molar-refractivity contribution in [1.82, 2.24) is 14.5 Å². The van der Waals surface area contributed by atoms with Gasteiger partial charge in [0, 0.05) is 25.7 Å². The van der Waals surface area contributed by atoms with Crippen LogP contribution in [-0.2, 0) is 14.8 Å². The lowest BCUT2D eigenvalue weighted by atomic mass is 9.67. The number of fused-ring (bicyclic) bond motifs is 1. The molecule has 0 aromatic carbocycles. The van der Waals surface area contributed by atoms with Gasteiger partial charge in [-0.3, -0.25) is 4.79 Å². The Labute approximate surface area is 146 Å². The van der Waals surface area contributed by atoms with Crippen molar-refractivity contribution in [3.63, 3.8) is 0 Å². The lowest BCUT2D eigenvalue weighted by Gasteiger charge is -2.50. The van der Waals surface area contributed by atoms with Gasteiger partial charge < -0.3 is 10.2 Å². The number of carbonyl (C=O) groups is 1. The van der Waals surface area contributed by atoms with Gasteiger partial charge in [0.15, 0.2) is 0 Å². The average molecular weight is 358 g/mol. The smallest absolute Gasteiger partial charge is 0.227 e. The summed E-state index contributed by atoms with van der Waals surface area (Å²) in [6.07, 6.45) is 6.65. The molecule has 3 fully saturated rings. The van der Waals surface area contributed by atoms with E-state index in [0.29, 0.717) is 19.5 Å². The molecule has 3 rings (SSSR count). The lowest BCUT2D eigenvalue weighted by Crippen LogP contribution is -2.62. The Balaban J connectivity index is 1.69. The zero-order valence-corrected chi connectivity index (χ0v) is 15.6. The first-order valence-electron chi connectivity index (χ1n) is 9.50. The molecule has 6 nitrogen and oxygen atoms in total. The van der Waals surface area contributed by atoms with Crippen molar-refractivity contribution in [2.75, 3.05) is 38.5 Å². The van der Waals surface area contributed by atoms with Gasteiger partial charge in [-0.2, -0.15) is 4.31 Å². The fourth-order valence-corrected chi connectivity index (χ4v) is 6.80. The molecule has 24 heavy (non-hydrogen) atoms. The van der Waals surface area contributed by atoms with Crippen molar-refractivity contribution in [3.8, 4) is 0 Å². The highest BCUT2D eigenvalue weighted by Crippen LogP contribution is 2.46. The summed E-state index contributed by atoms with van der Waals surface area (Å²) in [5.41, 5.74) is -0.509. The molecule has 7 heteroatoms. The van der Waals surface area contributed by atoms with Crippen LogP contribution in [0.25, 0.3) is 0 Å². The summed E-state index contributed by atoms with van der Waals surface area (Å²) in [5.74, 6) is 0.191. The van der Waals surface area contributed by atoms with Crippen molar-refractivity contribution in [3.05, 3.63) is 0 Å². The van der Waals surface area contributed by atoms with E-state index in [1.165, 1.54) is 12.8 Å². The normalized spacial score (nSPS) is 34.0. The summed E-state index contributed by atoms with van der Waals surface area (Å²) in [6.45, 7) is 6.19. The van der Waals surface area contributed by atoms with Crippen LogP contribution < -0.4 is 5.32 Å². The highest BCUT2D eigenvalue weighted by atomic mass is 32.2. The summed E-state index contributed by atoms with van der Waals surface area (Å²) >= 11 is 0. The highest BCUT2D eigenvalue weighted by molar-refractivity contribution is 7.89. The highest BCUT2D eigenvalue weighted by Gasteiger charge is 2.54. The molecule has 2 heterocycles. The summed E-state index contributed by atoms with van der Waals surface area (Å²) in [4.78, 5) is 15.4. The number of sulfonamides is 1. The van der Waals surface area contributed by atoms with Crippen LogP contribution in [0.15, 0.2) is 0 Å². The van der Waals surface area contributed by atoms with Gasteiger partial charge in [0.25, 0.3) is 0 Å². The molecule has 1 N–H and O–H groups in total. The number of amides is 1. The van der Waals surface area contributed by atoms with Crippen LogP contribution in [-0.4, -0.2) is 68.0 Å². The van der Waals surface area contributed by atoms with Crippen LogP contribution in [0.5, 0.6) is 0 Å². The number of nitrogens with zero attached hydrogens (tertiary/aromatic N) is 2. The average Bonchev–Trinajstić information content (AvgIpc) is 3.07. The van der Waals surface area contributed by atoms with Gasteiger partial charge in [-0.05, 0) is 45.2 Å². The molecule has 0 radical (unpaired) electrons. The predicted molar refractivity (Wildman–Crippen MR) is 94.2 cm³/mol. The second kappa shape index (κ2) is 7.30. The minimum atomic E-state index is -3.20. The van der Waals surface area contributed by atoms with E-state index in [2.05, 4.69) is 10.2 Å². The van der Waals surface area contributed by atoms with Crippen LogP contribution >= 0.6 is 0 Å². The van der Waals surface area contributed by atoms with Crippen LogP contribution in [0.3, 0.4) is 0 Å². The van der Waals surface area contributed by atoms with E-state index in [1.54, 1.807) is 4.31 Å². The Kier molecular flexibility index (Phi) is 5.52. The van der Waals surface area contributed by atoms with Crippen LogP contribution in [0.4, 0.5) is 0 Å². The zero-order valence-electron chi connectivity index (χ0n) is 14.8. The van der Waals surface area contributed by atoms with E-state index in [4.69, 9.17) is 0 Å². The van der Waals surface area contributed by atoms with E-state index < -0.39 is 15.4 Å². The third-order valence-corrected chi connectivity index (χ3v) is 8.12. The summed E-state index contributed by atoms with van der Waals surface area (Å²) in [7, 11) is -3.20. The number of nitrogens with one attached hydrogen (secondary N) is 1. The number of rotatable bonds is 5. The monoisotopic (exact) mass is 357 g/mol. The number of carbonyl (C=O) groups excluding carboxylic acids is 1. The molecule has 0 spiro atoms. The number of likely N-dealkylation sites (tertiary alicyclic amines) is 1. The van der Waals surface area contributed by atoms with Gasteiger partial charge in [-0.1, -0.05) is 19.8 Å². The van der Waals surface area contributed by atoms with Gasteiger partial charge in [0.1, 0.15) is 0 Å². The van der Waals surface area contributed by atoms with Crippen molar-refractivity contribution in [2.45, 2.75) is 57.9 Å². The SMILES string of the molecule is CCN1[C@@H]2CCCC[C@@]2(C(=O)NCCN2CCCC2)CCS1(=O)=O. The molecule has 1 saturated carbocycles. The van der Waals surface area contributed by atoms with Crippen molar-refractivity contribution in [2.24, 2.45) is 5.41 Å². The second-order valence-electron chi connectivity index (χ2n) is 7.49. The Hall–Kier alpha value is -0.660. The molecule has 2 saturated heterocycles. The third-order valence-electron chi connectivity index (χ3n) is 6.18. The minimum absolute atomic E-state index is 0.0831. The fraction of sp³-hybridized carbons (Fsp3) is 0.941. The van der Waals surface area contributed by atoms with Gasteiger partial charge in [-0.25, -0.2) is 8.42 Å².